The Morgan fingerprint density at radius 2 is 2.45 bits per heavy atom. The number of aromatic nitrogens is 1. The van der Waals surface area contributed by atoms with Gasteiger partial charge in [-0.15, -0.1) is 11.3 Å². The summed E-state index contributed by atoms with van der Waals surface area (Å²) >= 11 is 1.52. The van der Waals surface area contributed by atoms with E-state index in [1.165, 1.54) is 30.8 Å². The topological polar surface area (TPSA) is 36.4 Å². The molecule has 0 bridgehead atoms. The highest BCUT2D eigenvalue weighted by molar-refractivity contribution is 7.09. The molecule has 0 unspecified atom stereocenters. The molecule has 0 aliphatic carbocycles. The summed E-state index contributed by atoms with van der Waals surface area (Å²) in [6.45, 7) is 3.27. The van der Waals surface area contributed by atoms with Crippen molar-refractivity contribution < 1.29 is 5.11 Å². The van der Waals surface area contributed by atoms with Crippen LogP contribution in [0.5, 0.6) is 5.88 Å². The number of hydrogen-bond acceptors (Lipinski definition) is 4. The van der Waals surface area contributed by atoms with Crippen molar-refractivity contribution in [3.63, 3.8) is 0 Å². The first kappa shape index (κ1) is 7.06. The smallest absolute Gasteiger partial charge is 0.222 e. The monoisotopic (exact) mass is 170 g/mol. The van der Waals surface area contributed by atoms with E-state index in [1.807, 2.05) is 0 Å². The van der Waals surface area contributed by atoms with E-state index < -0.39 is 0 Å². The van der Waals surface area contributed by atoms with Gasteiger partial charge in [-0.3, -0.25) is 4.90 Å². The number of rotatable bonds is 2. The lowest BCUT2D eigenvalue weighted by atomic mass is 10.2. The number of nitrogens with zero attached hydrogens (tertiary/aromatic N) is 2. The summed E-state index contributed by atoms with van der Waals surface area (Å²) in [5.41, 5.74) is 0. The van der Waals surface area contributed by atoms with Gasteiger partial charge in [0.1, 0.15) is 5.01 Å². The first-order chi connectivity index (χ1) is 5.34. The Kier molecular flexibility index (Phi) is 1.79. The Balaban J connectivity index is 1.95. The summed E-state index contributed by atoms with van der Waals surface area (Å²) in [4.78, 5) is 6.28. The van der Waals surface area contributed by atoms with Crippen molar-refractivity contribution in [1.82, 2.24) is 9.88 Å². The van der Waals surface area contributed by atoms with Crippen molar-refractivity contribution in [1.29, 1.82) is 0 Å². The van der Waals surface area contributed by atoms with E-state index >= 15 is 0 Å². The predicted molar refractivity (Wildman–Crippen MR) is 43.7 cm³/mol. The predicted octanol–water partition coefficient (Wildman–Crippen LogP) is 1.05. The molecule has 1 fully saturated rings. The zero-order chi connectivity index (χ0) is 7.68. The maximum atomic E-state index is 8.94. The molecule has 11 heavy (non-hydrogen) atoms. The molecule has 0 aromatic carbocycles. The lowest BCUT2D eigenvalue weighted by molar-refractivity contribution is 0.172. The molecule has 1 aliphatic heterocycles. The standard InChI is InChI=1S/C7H10N2OS/c10-6-5-11-7(8-6)4-9-2-1-3-9/h5,10H,1-4H2. The summed E-state index contributed by atoms with van der Waals surface area (Å²) in [5, 5.41) is 11.6. The normalized spacial score (nSPS) is 18.2. The number of likely N-dealkylation sites (tertiary alicyclic amines) is 1. The van der Waals surface area contributed by atoms with Crippen LogP contribution in [0.1, 0.15) is 11.4 Å². The summed E-state index contributed by atoms with van der Waals surface area (Å²) in [6.07, 6.45) is 1.30. The summed E-state index contributed by atoms with van der Waals surface area (Å²) in [7, 11) is 0. The minimum Gasteiger partial charge on any atom is -0.493 e. The Morgan fingerprint density at radius 1 is 1.64 bits per heavy atom. The Bertz CT molecular complexity index is 244. The third-order valence-corrected chi connectivity index (χ3v) is 2.67. The van der Waals surface area contributed by atoms with Crippen molar-refractivity contribution in [2.24, 2.45) is 0 Å². The molecule has 0 atom stereocenters. The fraction of sp³-hybridized carbons (Fsp3) is 0.571. The zero-order valence-corrected chi connectivity index (χ0v) is 6.97. The molecule has 3 nitrogen and oxygen atoms in total. The molecule has 1 N–H and O–H groups in total. The molecule has 4 heteroatoms. The number of hydrogen-bond donors (Lipinski definition) is 1. The van der Waals surface area contributed by atoms with Gasteiger partial charge in [-0.1, -0.05) is 0 Å². The molecule has 0 amide bonds. The molecule has 1 aromatic heterocycles. The minimum atomic E-state index is 0.158. The van der Waals surface area contributed by atoms with Gasteiger partial charge >= 0.3 is 0 Å². The van der Waals surface area contributed by atoms with Crippen LogP contribution < -0.4 is 0 Å². The Hall–Kier alpha value is -0.610. The van der Waals surface area contributed by atoms with Gasteiger partial charge in [0.15, 0.2) is 0 Å². The van der Waals surface area contributed by atoms with Crippen LogP contribution in [0.15, 0.2) is 5.38 Å². The van der Waals surface area contributed by atoms with Gasteiger partial charge in [-0.2, -0.15) is 0 Å². The van der Waals surface area contributed by atoms with Gasteiger partial charge in [0.2, 0.25) is 5.88 Å². The lowest BCUT2D eigenvalue weighted by Gasteiger charge is -2.29. The van der Waals surface area contributed by atoms with Crippen molar-refractivity contribution in [3.05, 3.63) is 10.4 Å². The lowest BCUT2D eigenvalue weighted by Crippen LogP contribution is -2.36. The molecule has 1 saturated heterocycles. The third-order valence-electron chi connectivity index (χ3n) is 1.85. The van der Waals surface area contributed by atoms with E-state index in [2.05, 4.69) is 9.88 Å². The molecule has 0 spiro atoms. The number of aromatic hydroxyl groups is 1. The molecular formula is C7H10N2OS. The van der Waals surface area contributed by atoms with Gasteiger partial charge in [-0.25, -0.2) is 4.98 Å². The molecule has 0 radical (unpaired) electrons. The molecule has 2 heterocycles. The van der Waals surface area contributed by atoms with Crippen LogP contribution in [0.25, 0.3) is 0 Å². The van der Waals surface area contributed by atoms with E-state index in [0.29, 0.717) is 0 Å². The molecule has 2 rings (SSSR count). The van der Waals surface area contributed by atoms with Gasteiger partial charge < -0.3 is 5.11 Å². The van der Waals surface area contributed by atoms with Crippen LogP contribution in [0.2, 0.25) is 0 Å². The van der Waals surface area contributed by atoms with Crippen LogP contribution in [0, 0.1) is 0 Å². The van der Waals surface area contributed by atoms with Gasteiger partial charge in [0.05, 0.1) is 11.9 Å². The third kappa shape index (κ3) is 1.52. The van der Waals surface area contributed by atoms with Crippen LogP contribution >= 0.6 is 11.3 Å². The van der Waals surface area contributed by atoms with Crippen molar-refractivity contribution in [2.45, 2.75) is 13.0 Å². The average molecular weight is 170 g/mol. The van der Waals surface area contributed by atoms with Gasteiger partial charge in [-0.05, 0) is 19.5 Å². The van der Waals surface area contributed by atoms with Crippen LogP contribution in [0.4, 0.5) is 0 Å². The maximum Gasteiger partial charge on any atom is 0.222 e. The van der Waals surface area contributed by atoms with Crippen molar-refractivity contribution >= 4 is 11.3 Å². The van der Waals surface area contributed by atoms with Crippen LogP contribution in [0.3, 0.4) is 0 Å². The highest BCUT2D eigenvalue weighted by Crippen LogP contribution is 2.18. The average Bonchev–Trinajstić information content (AvgIpc) is 2.27. The first-order valence-corrected chi connectivity index (χ1v) is 4.58. The van der Waals surface area contributed by atoms with Gasteiger partial charge in [0, 0.05) is 0 Å². The summed E-state index contributed by atoms with van der Waals surface area (Å²) in [5.74, 6) is 0.158. The highest BCUT2D eigenvalue weighted by atomic mass is 32.1. The van der Waals surface area contributed by atoms with Crippen molar-refractivity contribution in [2.75, 3.05) is 13.1 Å². The Labute approximate surface area is 69.3 Å². The minimum absolute atomic E-state index is 0.158. The van der Waals surface area contributed by atoms with E-state index in [0.717, 1.165) is 11.6 Å². The SMILES string of the molecule is Oc1csc(CN2CCC2)n1. The quantitative estimate of drug-likeness (QED) is 0.721. The second-order valence-electron chi connectivity index (χ2n) is 2.73. The van der Waals surface area contributed by atoms with Crippen molar-refractivity contribution in [3.8, 4) is 5.88 Å². The Morgan fingerprint density at radius 3 is 2.91 bits per heavy atom. The fourth-order valence-corrected chi connectivity index (χ4v) is 1.80. The molecule has 0 saturated carbocycles. The molecule has 1 aromatic rings. The van der Waals surface area contributed by atoms with E-state index in [9.17, 15) is 0 Å². The molecule has 1 aliphatic rings. The molecule has 60 valence electrons. The van der Waals surface area contributed by atoms with E-state index in [1.54, 1.807) is 5.38 Å². The second kappa shape index (κ2) is 2.79. The first-order valence-electron chi connectivity index (χ1n) is 3.70. The summed E-state index contributed by atoms with van der Waals surface area (Å²) < 4.78 is 0. The van der Waals surface area contributed by atoms with E-state index in [-0.39, 0.29) is 5.88 Å². The second-order valence-corrected chi connectivity index (χ2v) is 3.67. The maximum absolute atomic E-state index is 8.94. The highest BCUT2D eigenvalue weighted by Gasteiger charge is 2.15. The molecular weight excluding hydrogens is 160 g/mol. The van der Waals surface area contributed by atoms with Crippen LogP contribution in [-0.4, -0.2) is 28.1 Å². The fourth-order valence-electron chi connectivity index (χ4n) is 1.10. The largest absolute Gasteiger partial charge is 0.493 e. The van der Waals surface area contributed by atoms with Gasteiger partial charge in [0.25, 0.3) is 0 Å². The van der Waals surface area contributed by atoms with Crippen LogP contribution in [-0.2, 0) is 6.54 Å². The zero-order valence-electron chi connectivity index (χ0n) is 6.16. The summed E-state index contributed by atoms with van der Waals surface area (Å²) in [6, 6.07) is 0. The van der Waals surface area contributed by atoms with E-state index in [4.69, 9.17) is 5.11 Å². The number of thiazole rings is 1.